The van der Waals surface area contributed by atoms with Gasteiger partial charge < -0.3 is 20.4 Å². The van der Waals surface area contributed by atoms with Crippen LogP contribution in [0.2, 0.25) is 0 Å². The van der Waals surface area contributed by atoms with Crippen LogP contribution in [0, 0.1) is 35.0 Å². The van der Waals surface area contributed by atoms with E-state index in [-0.39, 0.29) is 12.1 Å². The van der Waals surface area contributed by atoms with Crippen LogP contribution in [0.25, 0.3) is 0 Å². The highest BCUT2D eigenvalue weighted by Gasteiger charge is 2.59. The average molecular weight is 388 g/mol. The summed E-state index contributed by atoms with van der Waals surface area (Å²) in [5.74, 6) is 1.71. The Morgan fingerprint density at radius 2 is 2.11 bits per heavy atom. The molecule has 1 aromatic rings. The van der Waals surface area contributed by atoms with E-state index in [1.165, 1.54) is 11.3 Å². The number of aromatic nitrogens is 1. The molecule has 4 aliphatic carbocycles. The van der Waals surface area contributed by atoms with Gasteiger partial charge in [0.15, 0.2) is 5.13 Å². The molecule has 8 heteroatoms. The Bertz CT molecular complexity index is 789. The number of carboxylic acid groups (broad SMARTS) is 1. The fourth-order valence-corrected chi connectivity index (χ4v) is 7.48. The minimum atomic E-state index is -0.853. The SMILES string of the molecule is N#Cc1cnc(NC2CCN(C(=O)O)C2C2[C@@H]3CC4C[C@H]2CC(O)(C4)C3)s1. The molecule has 1 amide bonds. The summed E-state index contributed by atoms with van der Waals surface area (Å²) in [5, 5.41) is 33.8. The number of hydrogen-bond donors (Lipinski definition) is 3. The zero-order valence-electron chi connectivity index (χ0n) is 15.0. The van der Waals surface area contributed by atoms with Crippen LogP contribution < -0.4 is 5.32 Å². The molecule has 1 saturated heterocycles. The first kappa shape index (κ1) is 17.3. The molecule has 4 saturated carbocycles. The van der Waals surface area contributed by atoms with Crippen LogP contribution in [-0.2, 0) is 0 Å². The first-order valence-corrected chi connectivity index (χ1v) is 10.6. The van der Waals surface area contributed by atoms with Crippen molar-refractivity contribution in [3.05, 3.63) is 11.1 Å². The largest absolute Gasteiger partial charge is 0.465 e. The molecule has 1 aromatic heterocycles. The summed E-state index contributed by atoms with van der Waals surface area (Å²) in [4.78, 5) is 18.4. The Kier molecular flexibility index (Phi) is 3.89. The van der Waals surface area contributed by atoms with Gasteiger partial charge >= 0.3 is 6.09 Å². The van der Waals surface area contributed by atoms with Crippen molar-refractivity contribution in [1.82, 2.24) is 9.88 Å². The average Bonchev–Trinajstić information content (AvgIpc) is 3.21. The van der Waals surface area contributed by atoms with E-state index in [0.29, 0.717) is 40.2 Å². The van der Waals surface area contributed by atoms with E-state index in [0.717, 1.165) is 38.5 Å². The number of anilines is 1. The minimum Gasteiger partial charge on any atom is -0.465 e. The topological polar surface area (TPSA) is 109 Å². The van der Waals surface area contributed by atoms with Crippen LogP contribution >= 0.6 is 11.3 Å². The number of amides is 1. The van der Waals surface area contributed by atoms with E-state index < -0.39 is 11.7 Å². The van der Waals surface area contributed by atoms with E-state index in [9.17, 15) is 15.0 Å². The van der Waals surface area contributed by atoms with Crippen LogP contribution in [0.5, 0.6) is 0 Å². The summed E-state index contributed by atoms with van der Waals surface area (Å²) in [6, 6.07) is 2.03. The van der Waals surface area contributed by atoms with Gasteiger partial charge in [-0.05, 0) is 62.2 Å². The van der Waals surface area contributed by atoms with Crippen LogP contribution in [0.3, 0.4) is 0 Å². The van der Waals surface area contributed by atoms with Crippen LogP contribution in [0.4, 0.5) is 9.93 Å². The second-order valence-corrected chi connectivity index (χ2v) is 9.95. The normalized spacial score (nSPS) is 42.3. The molecular formula is C19H24N4O3S. The molecule has 5 aliphatic rings. The molecule has 5 unspecified atom stereocenters. The molecule has 0 radical (unpaired) electrons. The third kappa shape index (κ3) is 2.79. The second kappa shape index (κ2) is 6.08. The predicted octanol–water partition coefficient (Wildman–Crippen LogP) is 2.73. The van der Waals surface area contributed by atoms with Gasteiger partial charge in [0.25, 0.3) is 0 Å². The molecule has 0 spiro atoms. The summed E-state index contributed by atoms with van der Waals surface area (Å²) >= 11 is 1.32. The third-order valence-electron chi connectivity index (χ3n) is 7.33. The molecule has 2 heterocycles. The van der Waals surface area contributed by atoms with Gasteiger partial charge in [0.2, 0.25) is 0 Å². The molecule has 7 atom stereocenters. The second-order valence-electron chi connectivity index (χ2n) is 8.92. The van der Waals surface area contributed by atoms with E-state index in [4.69, 9.17) is 5.26 Å². The Morgan fingerprint density at radius 3 is 2.70 bits per heavy atom. The Morgan fingerprint density at radius 1 is 1.37 bits per heavy atom. The van der Waals surface area contributed by atoms with E-state index in [1.54, 1.807) is 11.1 Å². The third-order valence-corrected chi connectivity index (χ3v) is 8.16. The Hall–Kier alpha value is -1.85. The van der Waals surface area contributed by atoms with Crippen molar-refractivity contribution < 1.29 is 15.0 Å². The highest BCUT2D eigenvalue weighted by molar-refractivity contribution is 7.16. The van der Waals surface area contributed by atoms with Crippen molar-refractivity contribution in [2.45, 2.75) is 56.2 Å². The molecular weight excluding hydrogens is 364 g/mol. The summed E-state index contributed by atoms with van der Waals surface area (Å²) in [7, 11) is 0. The monoisotopic (exact) mass is 388 g/mol. The molecule has 27 heavy (non-hydrogen) atoms. The molecule has 1 aliphatic heterocycles. The fraction of sp³-hybridized carbons (Fsp3) is 0.737. The lowest BCUT2D eigenvalue weighted by Gasteiger charge is -2.60. The first-order valence-electron chi connectivity index (χ1n) is 9.80. The maximum Gasteiger partial charge on any atom is 0.407 e. The zero-order valence-corrected chi connectivity index (χ0v) is 15.9. The molecule has 7 nitrogen and oxygen atoms in total. The molecule has 144 valence electrons. The van der Waals surface area contributed by atoms with Crippen molar-refractivity contribution in [3.63, 3.8) is 0 Å². The summed E-state index contributed by atoms with van der Waals surface area (Å²) in [5.41, 5.74) is -0.514. The lowest BCUT2D eigenvalue weighted by molar-refractivity contribution is -0.162. The maximum absolute atomic E-state index is 12.0. The smallest absolute Gasteiger partial charge is 0.407 e. The zero-order chi connectivity index (χ0) is 18.8. The summed E-state index contributed by atoms with van der Waals surface area (Å²) in [6.07, 6.45) is 6.26. The fourth-order valence-electron chi connectivity index (χ4n) is 6.80. The summed E-state index contributed by atoms with van der Waals surface area (Å²) < 4.78 is 0. The number of thiazole rings is 1. The number of rotatable bonds is 3. The lowest BCUT2D eigenvalue weighted by atomic mass is 9.48. The predicted molar refractivity (Wildman–Crippen MR) is 99.4 cm³/mol. The van der Waals surface area contributed by atoms with Crippen molar-refractivity contribution in [2.24, 2.45) is 23.7 Å². The molecule has 4 bridgehead atoms. The number of nitrogens with one attached hydrogen (secondary N) is 1. The lowest BCUT2D eigenvalue weighted by Crippen LogP contribution is -2.61. The molecule has 6 rings (SSSR count). The van der Waals surface area contributed by atoms with E-state index in [2.05, 4.69) is 16.4 Å². The van der Waals surface area contributed by atoms with Gasteiger partial charge in [0, 0.05) is 6.54 Å². The Labute approximate surface area is 162 Å². The molecule has 0 aromatic carbocycles. The number of nitrogens with zero attached hydrogens (tertiary/aromatic N) is 3. The van der Waals surface area contributed by atoms with Gasteiger partial charge in [-0.2, -0.15) is 5.26 Å². The number of nitriles is 1. The number of hydrogen-bond acceptors (Lipinski definition) is 6. The van der Waals surface area contributed by atoms with Gasteiger partial charge in [-0.3, -0.25) is 0 Å². The summed E-state index contributed by atoms with van der Waals surface area (Å²) in [6.45, 7) is 0.526. The number of aliphatic hydroxyl groups is 1. The highest BCUT2D eigenvalue weighted by Crippen LogP contribution is 2.60. The Balaban J connectivity index is 1.43. The highest BCUT2D eigenvalue weighted by atomic mass is 32.1. The standard InChI is InChI=1S/C19H24N4O3S/c20-8-13-9-21-17(27-13)22-14-1-2-23(18(24)25)16(14)15-11-3-10-4-12(15)7-19(26,5-10)6-11/h9-12,14-16,26H,1-7H2,(H,21,22)(H,24,25)/t10?,11-,12+,14?,15?,16?,19?. The maximum atomic E-state index is 12.0. The van der Waals surface area contributed by atoms with Crippen molar-refractivity contribution in [3.8, 4) is 6.07 Å². The van der Waals surface area contributed by atoms with Gasteiger partial charge in [0.05, 0.1) is 23.9 Å². The van der Waals surface area contributed by atoms with Gasteiger partial charge in [-0.25, -0.2) is 9.78 Å². The van der Waals surface area contributed by atoms with Gasteiger partial charge in [0.1, 0.15) is 10.9 Å². The van der Waals surface area contributed by atoms with E-state index >= 15 is 0 Å². The number of carbonyl (C=O) groups is 1. The van der Waals surface area contributed by atoms with Gasteiger partial charge in [-0.1, -0.05) is 11.3 Å². The van der Waals surface area contributed by atoms with Gasteiger partial charge in [-0.15, -0.1) is 0 Å². The van der Waals surface area contributed by atoms with E-state index in [1.807, 2.05) is 0 Å². The van der Waals surface area contributed by atoms with Crippen molar-refractivity contribution in [1.29, 1.82) is 5.26 Å². The number of likely N-dealkylation sites (tertiary alicyclic amines) is 1. The van der Waals surface area contributed by atoms with Crippen LogP contribution in [0.15, 0.2) is 6.20 Å². The minimum absolute atomic E-state index is 0.0102. The van der Waals surface area contributed by atoms with Crippen molar-refractivity contribution >= 4 is 22.6 Å². The van der Waals surface area contributed by atoms with Crippen molar-refractivity contribution in [2.75, 3.05) is 11.9 Å². The van der Waals surface area contributed by atoms with Crippen LogP contribution in [-0.4, -0.2) is 50.4 Å². The molecule has 5 fully saturated rings. The first-order chi connectivity index (χ1) is 13.0. The molecule has 3 N–H and O–H groups in total. The van der Waals surface area contributed by atoms with Crippen LogP contribution in [0.1, 0.15) is 43.4 Å². The quantitative estimate of drug-likeness (QED) is 0.734.